The summed E-state index contributed by atoms with van der Waals surface area (Å²) in [4.78, 5) is 2.55. The monoisotopic (exact) mass is 873 g/mol. The van der Waals surface area contributed by atoms with Gasteiger partial charge in [-0.05, 0) is 167 Å². The lowest BCUT2D eigenvalue weighted by molar-refractivity contribution is 0.443. The zero-order chi connectivity index (χ0) is 45.5. The Morgan fingerprint density at radius 1 is 0.338 bits per heavy atom. The Bertz CT molecular complexity index is 3490. The summed E-state index contributed by atoms with van der Waals surface area (Å²) in [5.41, 5.74) is 28.8. The molecule has 0 saturated heterocycles. The first-order valence-corrected chi connectivity index (χ1v) is 25.1. The molecule has 0 radical (unpaired) electrons. The summed E-state index contributed by atoms with van der Waals surface area (Å²) in [7, 11) is 0. The van der Waals surface area contributed by atoms with Crippen molar-refractivity contribution in [3.8, 4) is 55.6 Å². The van der Waals surface area contributed by atoms with Crippen molar-refractivity contribution in [2.45, 2.75) is 82.0 Å². The second-order valence-electron chi connectivity index (χ2n) is 21.4. The van der Waals surface area contributed by atoms with E-state index in [0.29, 0.717) is 5.92 Å². The molecule has 1 heteroatoms. The van der Waals surface area contributed by atoms with E-state index >= 15 is 0 Å². The fourth-order valence-electron chi connectivity index (χ4n) is 14.1. The van der Waals surface area contributed by atoms with Crippen molar-refractivity contribution in [3.05, 3.63) is 244 Å². The lowest BCUT2D eigenvalue weighted by Crippen LogP contribution is -2.26. The number of hydrogen-bond acceptors (Lipinski definition) is 1. The van der Waals surface area contributed by atoms with E-state index in [2.05, 4.69) is 227 Å². The van der Waals surface area contributed by atoms with Crippen molar-refractivity contribution < 1.29 is 0 Å². The summed E-state index contributed by atoms with van der Waals surface area (Å²) in [6.07, 6.45) is 6.61. The van der Waals surface area contributed by atoms with Gasteiger partial charge in [-0.1, -0.05) is 199 Å². The van der Waals surface area contributed by atoms with Crippen LogP contribution in [0.1, 0.15) is 116 Å². The summed E-state index contributed by atoms with van der Waals surface area (Å²) >= 11 is 0. The predicted octanol–water partition coefficient (Wildman–Crippen LogP) is 17.8. The third kappa shape index (κ3) is 5.34. The summed E-state index contributed by atoms with van der Waals surface area (Å²) < 4.78 is 0. The standard InChI is InChI=1S/C67H55N/c1-65(2)57-25-12-8-19-49(57)53-36-31-44(39-61(53)65)48-23-16-24-56-55-38-35-46(40-62(55)66(3,4)64(48)56)68(45-32-29-43(30-33-45)42-17-6-5-7-18-42)47-34-37-54-52-22-11-15-28-60(52)67(63(54)41-47)58-26-13-9-20-50(58)51-21-10-14-27-59(51)67/h8-16,19-42H,5-7,17-18H2,1-4H3. The van der Waals surface area contributed by atoms with Crippen LogP contribution in [0.4, 0.5) is 17.1 Å². The summed E-state index contributed by atoms with van der Waals surface area (Å²) in [6, 6.07) is 75.0. The molecule has 14 rings (SSSR count). The summed E-state index contributed by atoms with van der Waals surface area (Å²) in [6.45, 7) is 9.68. The second kappa shape index (κ2) is 14.4. The van der Waals surface area contributed by atoms with Gasteiger partial charge in [0, 0.05) is 27.9 Å². The van der Waals surface area contributed by atoms with Gasteiger partial charge in [0.25, 0.3) is 0 Å². The van der Waals surface area contributed by atoms with Crippen molar-refractivity contribution in [2.75, 3.05) is 4.90 Å². The largest absolute Gasteiger partial charge is 0.310 e. The van der Waals surface area contributed by atoms with E-state index in [1.54, 1.807) is 0 Å². The van der Waals surface area contributed by atoms with Gasteiger partial charge >= 0.3 is 0 Å². The predicted molar refractivity (Wildman–Crippen MR) is 284 cm³/mol. The van der Waals surface area contributed by atoms with Crippen LogP contribution in [-0.2, 0) is 16.2 Å². The molecule has 0 aliphatic heterocycles. The minimum Gasteiger partial charge on any atom is -0.310 e. The Morgan fingerprint density at radius 2 is 0.779 bits per heavy atom. The van der Waals surface area contributed by atoms with Crippen molar-refractivity contribution in [1.29, 1.82) is 0 Å². The van der Waals surface area contributed by atoms with Crippen LogP contribution in [0.5, 0.6) is 0 Å². The molecular formula is C67H55N. The minimum atomic E-state index is -0.417. The Balaban J connectivity index is 0.932. The minimum absolute atomic E-state index is 0.0597. The van der Waals surface area contributed by atoms with E-state index in [1.165, 1.54) is 155 Å². The molecule has 5 aliphatic carbocycles. The molecule has 1 spiro atoms. The van der Waals surface area contributed by atoms with E-state index in [4.69, 9.17) is 0 Å². The van der Waals surface area contributed by atoms with Crippen LogP contribution < -0.4 is 4.90 Å². The normalized spacial score (nSPS) is 16.8. The second-order valence-corrected chi connectivity index (χ2v) is 21.4. The highest BCUT2D eigenvalue weighted by molar-refractivity contribution is 5.97. The first kappa shape index (κ1) is 39.9. The molecule has 1 fully saturated rings. The Hall–Kier alpha value is -7.22. The van der Waals surface area contributed by atoms with Crippen LogP contribution in [0.15, 0.2) is 194 Å². The molecule has 5 aliphatic rings. The van der Waals surface area contributed by atoms with Crippen molar-refractivity contribution in [3.63, 3.8) is 0 Å². The van der Waals surface area contributed by atoms with Gasteiger partial charge in [0.2, 0.25) is 0 Å². The summed E-state index contributed by atoms with van der Waals surface area (Å²) in [5, 5.41) is 0. The quantitative estimate of drug-likeness (QED) is 0.167. The van der Waals surface area contributed by atoms with E-state index in [1.807, 2.05) is 0 Å². The zero-order valence-corrected chi connectivity index (χ0v) is 39.5. The molecule has 0 heterocycles. The van der Waals surface area contributed by atoms with Crippen molar-refractivity contribution >= 4 is 17.1 Å². The fourth-order valence-corrected chi connectivity index (χ4v) is 14.1. The highest BCUT2D eigenvalue weighted by Gasteiger charge is 2.52. The van der Waals surface area contributed by atoms with Crippen LogP contribution >= 0.6 is 0 Å². The fraction of sp³-hybridized carbons (Fsp3) is 0.194. The lowest BCUT2D eigenvalue weighted by Gasteiger charge is -2.33. The number of anilines is 3. The van der Waals surface area contributed by atoms with Crippen LogP contribution in [0, 0.1) is 0 Å². The van der Waals surface area contributed by atoms with Gasteiger partial charge in [-0.25, -0.2) is 0 Å². The van der Waals surface area contributed by atoms with Gasteiger partial charge < -0.3 is 4.90 Å². The SMILES string of the molecule is CC1(C)c2ccccc2-c2ccc(-c3cccc4c3C(C)(C)c3cc(N(c5ccc(C6CCCCC6)cc5)c5ccc6c(c5)C5(c7ccccc7-c7ccccc75)c5ccccc5-6)ccc3-4)cc21. The van der Waals surface area contributed by atoms with Gasteiger partial charge in [-0.15, -0.1) is 0 Å². The average Bonchev–Trinajstić information content (AvgIpc) is 4.02. The molecule has 0 bridgehead atoms. The molecular weight excluding hydrogens is 819 g/mol. The molecule has 9 aromatic carbocycles. The number of benzene rings is 9. The molecule has 68 heavy (non-hydrogen) atoms. The highest BCUT2D eigenvalue weighted by Crippen LogP contribution is 2.64. The van der Waals surface area contributed by atoms with E-state index in [-0.39, 0.29) is 10.8 Å². The molecule has 0 unspecified atom stereocenters. The highest BCUT2D eigenvalue weighted by atomic mass is 15.1. The maximum Gasteiger partial charge on any atom is 0.0726 e. The van der Waals surface area contributed by atoms with E-state index in [9.17, 15) is 0 Å². The van der Waals surface area contributed by atoms with Crippen molar-refractivity contribution in [2.24, 2.45) is 0 Å². The number of fused-ring (bicyclic) bond motifs is 16. The lowest BCUT2D eigenvalue weighted by atomic mass is 9.70. The average molecular weight is 874 g/mol. The van der Waals surface area contributed by atoms with Crippen LogP contribution in [-0.4, -0.2) is 0 Å². The Morgan fingerprint density at radius 3 is 1.40 bits per heavy atom. The molecule has 9 aromatic rings. The van der Waals surface area contributed by atoms with Crippen LogP contribution in [0.2, 0.25) is 0 Å². The third-order valence-electron chi connectivity index (χ3n) is 17.3. The first-order valence-electron chi connectivity index (χ1n) is 25.1. The van der Waals surface area contributed by atoms with Crippen LogP contribution in [0.3, 0.4) is 0 Å². The summed E-state index contributed by atoms with van der Waals surface area (Å²) in [5.74, 6) is 0.646. The number of nitrogens with zero attached hydrogens (tertiary/aromatic N) is 1. The number of rotatable bonds is 5. The topological polar surface area (TPSA) is 3.24 Å². The third-order valence-corrected chi connectivity index (χ3v) is 17.3. The van der Waals surface area contributed by atoms with Gasteiger partial charge in [-0.2, -0.15) is 0 Å². The molecule has 0 amide bonds. The smallest absolute Gasteiger partial charge is 0.0726 e. The molecule has 0 aromatic heterocycles. The maximum atomic E-state index is 2.55. The maximum absolute atomic E-state index is 2.55. The van der Waals surface area contributed by atoms with E-state index in [0.717, 1.165) is 0 Å². The molecule has 0 atom stereocenters. The van der Waals surface area contributed by atoms with Gasteiger partial charge in [0.05, 0.1) is 5.41 Å². The molecule has 1 saturated carbocycles. The molecule has 1 nitrogen and oxygen atoms in total. The van der Waals surface area contributed by atoms with Crippen molar-refractivity contribution in [1.82, 2.24) is 0 Å². The Labute approximate surface area is 401 Å². The zero-order valence-electron chi connectivity index (χ0n) is 39.5. The van der Waals surface area contributed by atoms with Gasteiger partial charge in [0.1, 0.15) is 0 Å². The van der Waals surface area contributed by atoms with Gasteiger partial charge in [0.15, 0.2) is 0 Å². The van der Waals surface area contributed by atoms with Crippen LogP contribution in [0.25, 0.3) is 55.6 Å². The molecule has 328 valence electrons. The number of hydrogen-bond donors (Lipinski definition) is 0. The first-order chi connectivity index (χ1) is 33.2. The van der Waals surface area contributed by atoms with Gasteiger partial charge in [-0.3, -0.25) is 0 Å². The Kier molecular flexibility index (Phi) is 8.45. The molecule has 0 N–H and O–H groups in total. The van der Waals surface area contributed by atoms with E-state index < -0.39 is 5.41 Å².